The average Bonchev–Trinajstić information content (AvgIpc) is 2.59. The van der Waals surface area contributed by atoms with E-state index < -0.39 is 0 Å². The second-order valence-electron chi connectivity index (χ2n) is 4.08. The first kappa shape index (κ1) is 10.8. The molecule has 1 heterocycles. The molecule has 16 heavy (non-hydrogen) atoms. The number of hydrogen-bond donors (Lipinski definition) is 2. The standard InChI is InChI=1S/C12H17N3O/c1-3-4-8(2)14-12-15-10-7-9(13)5-6-11(10)16-12/h5-8H,3-4,13H2,1-2H3,(H,14,15). The van der Waals surface area contributed by atoms with Crippen LogP contribution in [0.1, 0.15) is 26.7 Å². The first-order valence-electron chi connectivity index (χ1n) is 5.61. The molecular formula is C12H17N3O. The Kier molecular flexibility index (Phi) is 2.99. The third kappa shape index (κ3) is 2.27. The molecule has 1 atom stereocenters. The molecule has 0 aliphatic heterocycles. The van der Waals surface area contributed by atoms with E-state index in [2.05, 4.69) is 24.1 Å². The maximum Gasteiger partial charge on any atom is 0.295 e. The summed E-state index contributed by atoms with van der Waals surface area (Å²) in [5.74, 6) is 0. The second kappa shape index (κ2) is 4.43. The predicted octanol–water partition coefficient (Wildman–Crippen LogP) is 3.01. The van der Waals surface area contributed by atoms with Crippen molar-refractivity contribution >= 4 is 22.8 Å². The Balaban J connectivity index is 2.19. The maximum atomic E-state index is 5.68. The lowest BCUT2D eigenvalue weighted by molar-refractivity contribution is 0.587. The molecule has 1 unspecified atom stereocenters. The fourth-order valence-corrected chi connectivity index (χ4v) is 1.72. The second-order valence-corrected chi connectivity index (χ2v) is 4.08. The molecule has 2 aromatic rings. The molecule has 0 saturated heterocycles. The van der Waals surface area contributed by atoms with E-state index in [-0.39, 0.29) is 0 Å². The normalized spacial score (nSPS) is 12.9. The Hall–Kier alpha value is -1.71. The van der Waals surface area contributed by atoms with Crippen LogP contribution in [0.2, 0.25) is 0 Å². The molecule has 0 bridgehead atoms. The lowest BCUT2D eigenvalue weighted by Crippen LogP contribution is -2.14. The number of nitrogens with one attached hydrogen (secondary N) is 1. The van der Waals surface area contributed by atoms with Gasteiger partial charge in [0.2, 0.25) is 0 Å². The zero-order chi connectivity index (χ0) is 11.5. The Morgan fingerprint density at radius 1 is 1.50 bits per heavy atom. The quantitative estimate of drug-likeness (QED) is 0.776. The summed E-state index contributed by atoms with van der Waals surface area (Å²) < 4.78 is 5.56. The van der Waals surface area contributed by atoms with Gasteiger partial charge in [-0.3, -0.25) is 0 Å². The van der Waals surface area contributed by atoms with Crippen molar-refractivity contribution in [2.75, 3.05) is 11.1 Å². The number of fused-ring (bicyclic) bond motifs is 1. The van der Waals surface area contributed by atoms with Crippen LogP contribution in [0.5, 0.6) is 0 Å². The summed E-state index contributed by atoms with van der Waals surface area (Å²) in [6, 6.07) is 6.41. The van der Waals surface area contributed by atoms with Crippen LogP contribution in [0.25, 0.3) is 11.1 Å². The van der Waals surface area contributed by atoms with Gasteiger partial charge in [0.1, 0.15) is 5.52 Å². The lowest BCUT2D eigenvalue weighted by atomic mass is 10.2. The summed E-state index contributed by atoms with van der Waals surface area (Å²) in [7, 11) is 0. The van der Waals surface area contributed by atoms with Crippen LogP contribution in [0.4, 0.5) is 11.7 Å². The van der Waals surface area contributed by atoms with Crippen LogP contribution in [0, 0.1) is 0 Å². The van der Waals surface area contributed by atoms with Crippen molar-refractivity contribution in [2.24, 2.45) is 0 Å². The first-order chi connectivity index (χ1) is 7.69. The van der Waals surface area contributed by atoms with Gasteiger partial charge in [-0.1, -0.05) is 13.3 Å². The number of nitrogen functional groups attached to an aromatic ring is 1. The van der Waals surface area contributed by atoms with Gasteiger partial charge < -0.3 is 15.5 Å². The van der Waals surface area contributed by atoms with Gasteiger partial charge >= 0.3 is 0 Å². The minimum Gasteiger partial charge on any atom is -0.424 e. The highest BCUT2D eigenvalue weighted by Crippen LogP contribution is 2.21. The molecule has 0 saturated carbocycles. The third-order valence-electron chi connectivity index (χ3n) is 2.50. The molecule has 1 aromatic heterocycles. The third-order valence-corrected chi connectivity index (χ3v) is 2.50. The molecule has 0 spiro atoms. The van der Waals surface area contributed by atoms with Crippen molar-refractivity contribution in [1.82, 2.24) is 4.98 Å². The Morgan fingerprint density at radius 2 is 2.31 bits per heavy atom. The Morgan fingerprint density at radius 3 is 3.06 bits per heavy atom. The van der Waals surface area contributed by atoms with Crippen LogP contribution in [0.15, 0.2) is 22.6 Å². The zero-order valence-electron chi connectivity index (χ0n) is 9.66. The molecular weight excluding hydrogens is 202 g/mol. The van der Waals surface area contributed by atoms with E-state index in [4.69, 9.17) is 10.2 Å². The van der Waals surface area contributed by atoms with Crippen LogP contribution in [-0.4, -0.2) is 11.0 Å². The van der Waals surface area contributed by atoms with Crippen molar-refractivity contribution < 1.29 is 4.42 Å². The maximum absolute atomic E-state index is 5.68. The number of benzene rings is 1. The number of rotatable bonds is 4. The molecule has 0 aliphatic carbocycles. The van der Waals surface area contributed by atoms with Gasteiger partial charge in [-0.2, -0.15) is 4.98 Å². The summed E-state index contributed by atoms with van der Waals surface area (Å²) in [5.41, 5.74) is 7.94. The summed E-state index contributed by atoms with van der Waals surface area (Å²) in [4.78, 5) is 4.34. The average molecular weight is 219 g/mol. The molecule has 3 N–H and O–H groups in total. The molecule has 4 nitrogen and oxygen atoms in total. The SMILES string of the molecule is CCCC(C)Nc1nc2cc(N)ccc2o1. The van der Waals surface area contributed by atoms with Crippen LogP contribution < -0.4 is 11.1 Å². The highest BCUT2D eigenvalue weighted by atomic mass is 16.4. The van der Waals surface area contributed by atoms with Crippen LogP contribution in [0.3, 0.4) is 0 Å². The minimum absolute atomic E-state index is 0.371. The van der Waals surface area contributed by atoms with E-state index >= 15 is 0 Å². The number of aromatic nitrogens is 1. The van der Waals surface area contributed by atoms with Crippen molar-refractivity contribution in [3.8, 4) is 0 Å². The van der Waals surface area contributed by atoms with E-state index in [1.54, 1.807) is 0 Å². The van der Waals surface area contributed by atoms with Gasteiger partial charge in [-0.15, -0.1) is 0 Å². The van der Waals surface area contributed by atoms with Gasteiger partial charge in [0.05, 0.1) is 0 Å². The fraction of sp³-hybridized carbons (Fsp3) is 0.417. The Labute approximate surface area is 94.8 Å². The van der Waals surface area contributed by atoms with Crippen molar-refractivity contribution in [3.63, 3.8) is 0 Å². The molecule has 0 aliphatic rings. The number of nitrogens with two attached hydrogens (primary N) is 1. The Bertz CT molecular complexity index is 478. The fourth-order valence-electron chi connectivity index (χ4n) is 1.72. The molecule has 4 heteroatoms. The van der Waals surface area contributed by atoms with E-state index in [1.807, 2.05) is 18.2 Å². The van der Waals surface area contributed by atoms with E-state index in [1.165, 1.54) is 0 Å². The topological polar surface area (TPSA) is 64.1 Å². The van der Waals surface area contributed by atoms with Gasteiger partial charge in [0.15, 0.2) is 5.58 Å². The van der Waals surface area contributed by atoms with Crippen LogP contribution in [-0.2, 0) is 0 Å². The highest BCUT2D eigenvalue weighted by molar-refractivity contribution is 5.78. The largest absolute Gasteiger partial charge is 0.424 e. The molecule has 0 amide bonds. The predicted molar refractivity (Wildman–Crippen MR) is 66.4 cm³/mol. The van der Waals surface area contributed by atoms with Gasteiger partial charge in [-0.25, -0.2) is 0 Å². The van der Waals surface area contributed by atoms with Gasteiger partial charge in [0, 0.05) is 11.7 Å². The summed E-state index contributed by atoms with van der Waals surface area (Å²) in [6.45, 7) is 4.28. The van der Waals surface area contributed by atoms with Gasteiger partial charge in [-0.05, 0) is 31.5 Å². The van der Waals surface area contributed by atoms with Crippen molar-refractivity contribution in [2.45, 2.75) is 32.7 Å². The monoisotopic (exact) mass is 219 g/mol. The molecule has 1 aromatic carbocycles. The van der Waals surface area contributed by atoms with E-state index in [9.17, 15) is 0 Å². The number of hydrogen-bond acceptors (Lipinski definition) is 4. The van der Waals surface area contributed by atoms with Crippen molar-refractivity contribution in [3.05, 3.63) is 18.2 Å². The first-order valence-corrected chi connectivity index (χ1v) is 5.61. The van der Waals surface area contributed by atoms with Crippen molar-refractivity contribution in [1.29, 1.82) is 0 Å². The summed E-state index contributed by atoms with van der Waals surface area (Å²) >= 11 is 0. The molecule has 2 rings (SSSR count). The van der Waals surface area contributed by atoms with Gasteiger partial charge in [0.25, 0.3) is 6.01 Å². The minimum atomic E-state index is 0.371. The smallest absolute Gasteiger partial charge is 0.295 e. The van der Waals surface area contributed by atoms with E-state index in [0.29, 0.717) is 17.7 Å². The molecule has 0 fully saturated rings. The number of anilines is 2. The number of oxazole rings is 1. The zero-order valence-corrected chi connectivity index (χ0v) is 9.66. The molecule has 86 valence electrons. The lowest BCUT2D eigenvalue weighted by Gasteiger charge is -2.09. The molecule has 0 radical (unpaired) electrons. The summed E-state index contributed by atoms with van der Waals surface area (Å²) in [6.07, 6.45) is 2.24. The van der Waals surface area contributed by atoms with E-state index in [0.717, 1.165) is 23.9 Å². The summed E-state index contributed by atoms with van der Waals surface area (Å²) in [5, 5.41) is 3.23. The highest BCUT2D eigenvalue weighted by Gasteiger charge is 2.08. The number of nitrogens with zero attached hydrogens (tertiary/aromatic N) is 1. The van der Waals surface area contributed by atoms with Crippen LogP contribution >= 0.6 is 0 Å².